The second kappa shape index (κ2) is 6.91. The lowest BCUT2D eigenvalue weighted by molar-refractivity contribution is -0.0269. The number of rotatable bonds is 4. The lowest BCUT2D eigenvalue weighted by atomic mass is 9.83. The fourth-order valence-electron chi connectivity index (χ4n) is 3.59. The Kier molecular flexibility index (Phi) is 5.50. The Balaban J connectivity index is 1.78. The summed E-state index contributed by atoms with van der Waals surface area (Å²) in [6, 6.07) is 1.48. The number of hydrogen-bond acceptors (Lipinski definition) is 2. The van der Waals surface area contributed by atoms with Crippen LogP contribution >= 0.6 is 0 Å². The van der Waals surface area contributed by atoms with Gasteiger partial charge in [-0.3, -0.25) is 0 Å². The van der Waals surface area contributed by atoms with Crippen molar-refractivity contribution in [3.63, 3.8) is 0 Å². The molecule has 1 heterocycles. The van der Waals surface area contributed by atoms with Gasteiger partial charge in [0, 0.05) is 18.7 Å². The van der Waals surface area contributed by atoms with Gasteiger partial charge in [0.2, 0.25) is 0 Å². The molecule has 4 unspecified atom stereocenters. The second-order valence-electron chi connectivity index (χ2n) is 6.68. The molecule has 0 aromatic rings. The monoisotopic (exact) mass is 253 g/mol. The van der Waals surface area contributed by atoms with Crippen molar-refractivity contribution in [3.8, 4) is 0 Å². The second-order valence-corrected chi connectivity index (χ2v) is 6.68. The highest BCUT2D eigenvalue weighted by molar-refractivity contribution is 4.84. The average Bonchev–Trinajstić information content (AvgIpc) is 2.39. The molecule has 1 aliphatic heterocycles. The van der Waals surface area contributed by atoms with E-state index >= 15 is 0 Å². The molecule has 1 aliphatic carbocycles. The van der Waals surface area contributed by atoms with E-state index in [1.54, 1.807) is 0 Å². The first kappa shape index (κ1) is 14.3. The van der Waals surface area contributed by atoms with Gasteiger partial charge in [-0.15, -0.1) is 0 Å². The number of ether oxygens (including phenoxy) is 1. The van der Waals surface area contributed by atoms with Crippen molar-refractivity contribution in [1.82, 2.24) is 5.32 Å². The normalized spacial score (nSPS) is 38.0. The van der Waals surface area contributed by atoms with Gasteiger partial charge in [0.1, 0.15) is 0 Å². The van der Waals surface area contributed by atoms with Crippen LogP contribution in [0.5, 0.6) is 0 Å². The predicted octanol–water partition coefficient (Wildman–Crippen LogP) is 3.75. The first-order valence-electron chi connectivity index (χ1n) is 8.06. The molecule has 0 radical (unpaired) electrons. The molecule has 0 bridgehead atoms. The molecule has 2 nitrogen and oxygen atoms in total. The number of hydrogen-bond donors (Lipinski definition) is 1. The van der Waals surface area contributed by atoms with Crippen LogP contribution in [0.1, 0.15) is 65.7 Å². The zero-order valence-corrected chi connectivity index (χ0v) is 12.5. The molecule has 0 aromatic carbocycles. The molecule has 2 rings (SSSR count). The SMILES string of the molecule is CCC1CCCC(NC2CCOC(C(C)C)C2)C1. The minimum atomic E-state index is 0.474. The third-order valence-electron chi connectivity index (χ3n) is 4.89. The fraction of sp³-hybridized carbons (Fsp3) is 1.00. The molecule has 1 saturated heterocycles. The van der Waals surface area contributed by atoms with E-state index in [2.05, 4.69) is 26.1 Å². The van der Waals surface area contributed by atoms with Crippen LogP contribution in [0.15, 0.2) is 0 Å². The van der Waals surface area contributed by atoms with Gasteiger partial charge in [0.25, 0.3) is 0 Å². The summed E-state index contributed by atoms with van der Waals surface area (Å²) in [7, 11) is 0. The number of nitrogens with one attached hydrogen (secondary N) is 1. The molecule has 4 atom stereocenters. The molecule has 1 saturated carbocycles. The lowest BCUT2D eigenvalue weighted by Crippen LogP contribution is -2.46. The first-order chi connectivity index (χ1) is 8.69. The smallest absolute Gasteiger partial charge is 0.0612 e. The standard InChI is InChI=1S/C16H31NO/c1-4-13-6-5-7-14(10-13)17-15-8-9-18-16(11-15)12(2)3/h12-17H,4-11H2,1-3H3. The van der Waals surface area contributed by atoms with Crippen LogP contribution in [0, 0.1) is 11.8 Å². The minimum Gasteiger partial charge on any atom is -0.378 e. The van der Waals surface area contributed by atoms with Gasteiger partial charge in [-0.2, -0.15) is 0 Å². The largest absolute Gasteiger partial charge is 0.378 e. The maximum absolute atomic E-state index is 5.86. The molecule has 106 valence electrons. The molecule has 0 spiro atoms. The molecule has 2 aliphatic rings. The van der Waals surface area contributed by atoms with Gasteiger partial charge in [-0.25, -0.2) is 0 Å². The summed E-state index contributed by atoms with van der Waals surface area (Å²) in [5.74, 6) is 1.63. The zero-order valence-electron chi connectivity index (χ0n) is 12.5. The fourth-order valence-corrected chi connectivity index (χ4v) is 3.59. The average molecular weight is 253 g/mol. The summed E-state index contributed by atoms with van der Waals surface area (Å²) in [4.78, 5) is 0. The van der Waals surface area contributed by atoms with E-state index < -0.39 is 0 Å². The van der Waals surface area contributed by atoms with Gasteiger partial charge < -0.3 is 10.1 Å². The van der Waals surface area contributed by atoms with Gasteiger partial charge in [0.05, 0.1) is 6.10 Å². The molecule has 1 N–H and O–H groups in total. The maximum atomic E-state index is 5.86. The molecule has 2 heteroatoms. The highest BCUT2D eigenvalue weighted by Crippen LogP contribution is 2.28. The van der Waals surface area contributed by atoms with Gasteiger partial charge in [-0.05, 0) is 37.5 Å². The summed E-state index contributed by atoms with van der Waals surface area (Å²) >= 11 is 0. The van der Waals surface area contributed by atoms with E-state index in [1.807, 2.05) is 0 Å². The topological polar surface area (TPSA) is 21.3 Å². The Morgan fingerprint density at radius 3 is 2.61 bits per heavy atom. The van der Waals surface area contributed by atoms with Crippen molar-refractivity contribution in [2.24, 2.45) is 11.8 Å². The van der Waals surface area contributed by atoms with Crippen molar-refractivity contribution in [2.45, 2.75) is 83.9 Å². The van der Waals surface area contributed by atoms with Crippen LogP contribution < -0.4 is 5.32 Å². The van der Waals surface area contributed by atoms with Crippen LogP contribution in [0.2, 0.25) is 0 Å². The van der Waals surface area contributed by atoms with E-state index in [0.717, 1.165) is 18.6 Å². The molecular weight excluding hydrogens is 222 g/mol. The van der Waals surface area contributed by atoms with E-state index in [-0.39, 0.29) is 0 Å². The Hall–Kier alpha value is -0.0800. The van der Waals surface area contributed by atoms with Gasteiger partial charge >= 0.3 is 0 Å². The first-order valence-corrected chi connectivity index (χ1v) is 8.06. The van der Waals surface area contributed by atoms with Crippen LogP contribution in [-0.2, 0) is 4.74 Å². The van der Waals surface area contributed by atoms with E-state index in [1.165, 1.54) is 44.9 Å². The van der Waals surface area contributed by atoms with Crippen molar-refractivity contribution in [3.05, 3.63) is 0 Å². The van der Waals surface area contributed by atoms with Crippen LogP contribution in [0.3, 0.4) is 0 Å². The molecular formula is C16H31NO. The summed E-state index contributed by atoms with van der Waals surface area (Å²) in [6.07, 6.45) is 9.92. The quantitative estimate of drug-likeness (QED) is 0.824. The Labute approximate surface area is 113 Å². The Morgan fingerprint density at radius 2 is 1.89 bits per heavy atom. The Bertz CT molecular complexity index is 241. The minimum absolute atomic E-state index is 0.474. The van der Waals surface area contributed by atoms with E-state index in [0.29, 0.717) is 18.1 Å². The molecule has 0 amide bonds. The molecule has 2 fully saturated rings. The summed E-state index contributed by atoms with van der Waals surface area (Å²) in [6.45, 7) is 7.85. The van der Waals surface area contributed by atoms with Crippen molar-refractivity contribution in [1.29, 1.82) is 0 Å². The lowest BCUT2D eigenvalue weighted by Gasteiger charge is -2.37. The van der Waals surface area contributed by atoms with Gasteiger partial charge in [0.15, 0.2) is 0 Å². The van der Waals surface area contributed by atoms with E-state index in [9.17, 15) is 0 Å². The highest BCUT2D eigenvalue weighted by Gasteiger charge is 2.28. The van der Waals surface area contributed by atoms with Crippen LogP contribution in [0.4, 0.5) is 0 Å². The van der Waals surface area contributed by atoms with Crippen molar-refractivity contribution in [2.75, 3.05) is 6.61 Å². The summed E-state index contributed by atoms with van der Waals surface area (Å²) in [5, 5.41) is 3.93. The van der Waals surface area contributed by atoms with Crippen molar-refractivity contribution < 1.29 is 4.74 Å². The third kappa shape index (κ3) is 3.96. The summed E-state index contributed by atoms with van der Waals surface area (Å²) in [5.41, 5.74) is 0. The Morgan fingerprint density at radius 1 is 1.11 bits per heavy atom. The maximum Gasteiger partial charge on any atom is 0.0612 e. The molecule has 18 heavy (non-hydrogen) atoms. The van der Waals surface area contributed by atoms with Crippen LogP contribution in [0.25, 0.3) is 0 Å². The van der Waals surface area contributed by atoms with Crippen molar-refractivity contribution >= 4 is 0 Å². The molecule has 0 aromatic heterocycles. The predicted molar refractivity (Wildman–Crippen MR) is 76.8 cm³/mol. The highest BCUT2D eigenvalue weighted by atomic mass is 16.5. The summed E-state index contributed by atoms with van der Waals surface area (Å²) < 4.78 is 5.86. The third-order valence-corrected chi connectivity index (χ3v) is 4.89. The van der Waals surface area contributed by atoms with Crippen LogP contribution in [-0.4, -0.2) is 24.8 Å². The van der Waals surface area contributed by atoms with Gasteiger partial charge in [-0.1, -0.05) is 40.0 Å². The zero-order chi connectivity index (χ0) is 13.0. The van der Waals surface area contributed by atoms with E-state index in [4.69, 9.17) is 4.74 Å².